The second kappa shape index (κ2) is 5.78. The zero-order valence-electron chi connectivity index (χ0n) is 11.0. The molecule has 1 nitrogen and oxygen atoms in total. The zero-order valence-corrected chi connectivity index (χ0v) is 13.4. The monoisotopic (exact) mass is 335 g/mol. The summed E-state index contributed by atoms with van der Waals surface area (Å²) >= 11 is 5.55. The molecule has 100 valence electrons. The van der Waals surface area contributed by atoms with Gasteiger partial charge in [-0.15, -0.1) is 11.3 Å². The Kier molecular flexibility index (Phi) is 4.06. The molecular weight excluding hydrogens is 318 g/mol. The van der Waals surface area contributed by atoms with Gasteiger partial charge in [0, 0.05) is 21.4 Å². The van der Waals surface area contributed by atoms with Crippen LogP contribution in [0.25, 0.3) is 0 Å². The summed E-state index contributed by atoms with van der Waals surface area (Å²) in [5, 5.41) is 6.02. The highest BCUT2D eigenvalue weighted by Gasteiger charge is 2.23. The Bertz CT molecular complexity index is 563. The highest BCUT2D eigenvalue weighted by Crippen LogP contribution is 2.35. The fourth-order valence-electron chi connectivity index (χ4n) is 2.88. The van der Waals surface area contributed by atoms with E-state index < -0.39 is 0 Å². The first-order valence-electron chi connectivity index (χ1n) is 6.82. The first-order valence-corrected chi connectivity index (χ1v) is 8.49. The van der Waals surface area contributed by atoms with Crippen molar-refractivity contribution >= 4 is 27.3 Å². The molecule has 0 saturated carbocycles. The normalized spacial score (nSPS) is 20.0. The van der Waals surface area contributed by atoms with Crippen LogP contribution in [0.1, 0.15) is 47.9 Å². The van der Waals surface area contributed by atoms with E-state index in [0.29, 0.717) is 12.1 Å². The minimum absolute atomic E-state index is 0.367. The Labute approximate surface area is 127 Å². The van der Waals surface area contributed by atoms with Crippen LogP contribution >= 0.6 is 27.3 Å². The predicted molar refractivity (Wildman–Crippen MR) is 85.7 cm³/mol. The SMILES string of the molecule is C[C@H](NC1CCCc2sccc21)c1ccccc1Br. The molecule has 1 N–H and O–H groups in total. The molecule has 3 rings (SSSR count). The number of halogens is 1. The molecule has 0 fully saturated rings. The lowest BCUT2D eigenvalue weighted by molar-refractivity contribution is 0.417. The predicted octanol–water partition coefficient (Wildman–Crippen LogP) is 5.24. The molecule has 1 aromatic heterocycles. The van der Waals surface area contributed by atoms with E-state index in [9.17, 15) is 0 Å². The molecule has 1 aliphatic carbocycles. The van der Waals surface area contributed by atoms with Gasteiger partial charge in [-0.2, -0.15) is 0 Å². The summed E-state index contributed by atoms with van der Waals surface area (Å²) in [5.74, 6) is 0. The van der Waals surface area contributed by atoms with Gasteiger partial charge in [-0.05, 0) is 54.8 Å². The van der Waals surface area contributed by atoms with E-state index in [-0.39, 0.29) is 0 Å². The quantitative estimate of drug-likeness (QED) is 0.808. The maximum atomic E-state index is 3.79. The third kappa shape index (κ3) is 2.78. The molecule has 0 radical (unpaired) electrons. The van der Waals surface area contributed by atoms with Gasteiger partial charge < -0.3 is 5.32 Å². The van der Waals surface area contributed by atoms with Crippen LogP contribution < -0.4 is 5.32 Å². The maximum Gasteiger partial charge on any atom is 0.0336 e. The van der Waals surface area contributed by atoms with Crippen LogP contribution in [0, 0.1) is 0 Å². The molecule has 1 unspecified atom stereocenters. The van der Waals surface area contributed by atoms with Crippen molar-refractivity contribution in [2.75, 3.05) is 0 Å². The second-order valence-corrected chi connectivity index (χ2v) is 7.01. The molecule has 2 aromatic rings. The van der Waals surface area contributed by atoms with Crippen molar-refractivity contribution in [1.29, 1.82) is 0 Å². The van der Waals surface area contributed by atoms with Crippen LogP contribution in [0.2, 0.25) is 0 Å². The van der Waals surface area contributed by atoms with Crippen LogP contribution in [-0.2, 0) is 6.42 Å². The van der Waals surface area contributed by atoms with Crippen molar-refractivity contribution in [3.8, 4) is 0 Å². The van der Waals surface area contributed by atoms with Gasteiger partial charge in [0.05, 0.1) is 0 Å². The van der Waals surface area contributed by atoms with E-state index in [2.05, 4.69) is 63.9 Å². The van der Waals surface area contributed by atoms with Crippen LogP contribution in [0.5, 0.6) is 0 Å². The van der Waals surface area contributed by atoms with Crippen LogP contribution in [0.15, 0.2) is 40.2 Å². The average molecular weight is 336 g/mol. The lowest BCUT2D eigenvalue weighted by Crippen LogP contribution is -2.27. The number of rotatable bonds is 3. The number of fused-ring (bicyclic) bond motifs is 1. The van der Waals surface area contributed by atoms with Gasteiger partial charge in [0.15, 0.2) is 0 Å². The topological polar surface area (TPSA) is 12.0 Å². The summed E-state index contributed by atoms with van der Waals surface area (Å²) in [4.78, 5) is 1.57. The third-order valence-corrected chi connectivity index (χ3v) is 5.59. The van der Waals surface area contributed by atoms with Gasteiger partial charge >= 0.3 is 0 Å². The van der Waals surface area contributed by atoms with Gasteiger partial charge in [-0.25, -0.2) is 0 Å². The Hall–Kier alpha value is -0.640. The number of hydrogen-bond donors (Lipinski definition) is 1. The van der Waals surface area contributed by atoms with E-state index in [1.807, 2.05) is 11.3 Å². The van der Waals surface area contributed by atoms with E-state index in [0.717, 1.165) is 0 Å². The molecule has 0 aliphatic heterocycles. The van der Waals surface area contributed by atoms with Crippen molar-refractivity contribution in [2.24, 2.45) is 0 Å². The number of nitrogens with one attached hydrogen (secondary N) is 1. The fourth-order valence-corrected chi connectivity index (χ4v) is 4.49. The molecule has 19 heavy (non-hydrogen) atoms. The second-order valence-electron chi connectivity index (χ2n) is 5.15. The van der Waals surface area contributed by atoms with Crippen molar-refractivity contribution in [2.45, 2.75) is 38.3 Å². The van der Waals surface area contributed by atoms with Gasteiger partial charge in [-0.3, -0.25) is 0 Å². The summed E-state index contributed by atoms with van der Waals surface area (Å²) in [5.41, 5.74) is 2.86. The molecule has 0 spiro atoms. The highest BCUT2D eigenvalue weighted by atomic mass is 79.9. The number of aryl methyl sites for hydroxylation is 1. The van der Waals surface area contributed by atoms with Crippen LogP contribution in [0.3, 0.4) is 0 Å². The van der Waals surface area contributed by atoms with Gasteiger partial charge in [-0.1, -0.05) is 34.1 Å². The largest absolute Gasteiger partial charge is 0.303 e. The summed E-state index contributed by atoms with van der Waals surface area (Å²) in [6.45, 7) is 2.25. The first-order chi connectivity index (χ1) is 9.25. The molecule has 0 amide bonds. The molecule has 0 saturated heterocycles. The fraction of sp³-hybridized carbons (Fsp3) is 0.375. The van der Waals surface area contributed by atoms with Crippen LogP contribution in [-0.4, -0.2) is 0 Å². The minimum atomic E-state index is 0.367. The molecule has 1 aromatic carbocycles. The van der Waals surface area contributed by atoms with E-state index in [1.165, 1.54) is 34.9 Å². The zero-order chi connectivity index (χ0) is 13.2. The van der Waals surface area contributed by atoms with Gasteiger partial charge in [0.25, 0.3) is 0 Å². The average Bonchev–Trinajstić information content (AvgIpc) is 2.88. The van der Waals surface area contributed by atoms with Crippen molar-refractivity contribution in [3.05, 3.63) is 56.2 Å². The standard InChI is InChI=1S/C16H18BrNS/c1-11(12-5-2-3-6-14(12)17)18-15-7-4-8-16-13(15)9-10-19-16/h2-3,5-6,9-11,15,18H,4,7-8H2,1H3/t11-,15?/m0/s1. The van der Waals surface area contributed by atoms with E-state index >= 15 is 0 Å². The van der Waals surface area contributed by atoms with Gasteiger partial charge in [0.1, 0.15) is 0 Å². The summed E-state index contributed by atoms with van der Waals surface area (Å²) in [6, 6.07) is 11.7. The molecule has 1 heterocycles. The lowest BCUT2D eigenvalue weighted by atomic mass is 9.93. The smallest absolute Gasteiger partial charge is 0.0336 e. The molecule has 2 atom stereocenters. The van der Waals surface area contributed by atoms with Crippen LogP contribution in [0.4, 0.5) is 0 Å². The summed E-state index contributed by atoms with van der Waals surface area (Å²) in [7, 11) is 0. The van der Waals surface area contributed by atoms with Crippen molar-refractivity contribution in [1.82, 2.24) is 5.32 Å². The molecular formula is C16H18BrNS. The number of benzene rings is 1. The first kappa shape index (κ1) is 13.3. The molecule has 3 heteroatoms. The Morgan fingerprint density at radius 3 is 3.00 bits per heavy atom. The maximum absolute atomic E-state index is 3.79. The van der Waals surface area contributed by atoms with E-state index in [1.54, 1.807) is 4.88 Å². The molecule has 1 aliphatic rings. The van der Waals surface area contributed by atoms with E-state index in [4.69, 9.17) is 0 Å². The summed E-state index contributed by atoms with van der Waals surface area (Å²) in [6.07, 6.45) is 3.81. The molecule has 0 bridgehead atoms. The Morgan fingerprint density at radius 1 is 1.32 bits per heavy atom. The Balaban J connectivity index is 1.78. The number of thiophene rings is 1. The summed E-state index contributed by atoms with van der Waals surface area (Å²) < 4.78 is 1.19. The minimum Gasteiger partial charge on any atom is -0.303 e. The van der Waals surface area contributed by atoms with Crippen molar-refractivity contribution < 1.29 is 0 Å². The van der Waals surface area contributed by atoms with Crippen molar-refractivity contribution in [3.63, 3.8) is 0 Å². The lowest BCUT2D eigenvalue weighted by Gasteiger charge is -2.28. The Morgan fingerprint density at radius 2 is 2.16 bits per heavy atom. The number of hydrogen-bond acceptors (Lipinski definition) is 2. The third-order valence-electron chi connectivity index (χ3n) is 3.87. The van der Waals surface area contributed by atoms with Gasteiger partial charge in [0.2, 0.25) is 0 Å². The highest BCUT2D eigenvalue weighted by molar-refractivity contribution is 9.10.